The zero-order valence-electron chi connectivity index (χ0n) is 15.2. The van der Waals surface area contributed by atoms with Crippen LogP contribution < -0.4 is 5.32 Å². The van der Waals surface area contributed by atoms with Crippen molar-refractivity contribution in [2.24, 2.45) is 0 Å². The third-order valence-corrected chi connectivity index (χ3v) is 4.68. The summed E-state index contributed by atoms with van der Waals surface area (Å²) in [5.74, 6) is -2.85. The molecule has 1 aliphatic heterocycles. The Bertz CT molecular complexity index is 821. The fraction of sp³-hybridized carbons (Fsp3) is 0.500. The monoisotopic (exact) mass is 419 g/mol. The van der Waals surface area contributed by atoms with Gasteiger partial charge in [0.2, 0.25) is 0 Å². The number of aliphatic carboxylic acids is 1. The van der Waals surface area contributed by atoms with Crippen molar-refractivity contribution in [1.29, 1.82) is 0 Å². The number of carbonyl (C=O) groups is 2. The van der Waals surface area contributed by atoms with Crippen molar-refractivity contribution in [3.8, 4) is 0 Å². The Balaban J connectivity index is 0.000000345. The summed E-state index contributed by atoms with van der Waals surface area (Å²) in [7, 11) is 2.11. The minimum Gasteiger partial charge on any atom is -0.475 e. The molecule has 1 unspecified atom stereocenters. The van der Waals surface area contributed by atoms with Crippen LogP contribution in [0.15, 0.2) is 17.6 Å². The van der Waals surface area contributed by atoms with E-state index >= 15 is 0 Å². The van der Waals surface area contributed by atoms with Crippen LogP contribution in [0, 0.1) is 6.92 Å². The largest absolute Gasteiger partial charge is 0.490 e. The van der Waals surface area contributed by atoms with Gasteiger partial charge in [-0.1, -0.05) is 0 Å². The number of likely N-dealkylation sites (N-methyl/N-ethyl adjacent to an activating group) is 1. The number of aromatic nitrogens is 3. The molecule has 0 bridgehead atoms. The van der Waals surface area contributed by atoms with Crippen LogP contribution in [0.2, 0.25) is 0 Å². The number of hydrogen-bond acceptors (Lipinski definition) is 6. The molecular weight excluding hydrogens is 399 g/mol. The van der Waals surface area contributed by atoms with Gasteiger partial charge in [-0.05, 0) is 26.5 Å². The molecule has 0 spiro atoms. The number of halogens is 3. The van der Waals surface area contributed by atoms with Crippen LogP contribution in [0.3, 0.4) is 0 Å². The lowest BCUT2D eigenvalue weighted by molar-refractivity contribution is -0.192. The first-order chi connectivity index (χ1) is 13.1. The van der Waals surface area contributed by atoms with E-state index in [1.54, 1.807) is 5.38 Å². The number of hydrogen-bond donors (Lipinski definition) is 2. The highest BCUT2D eigenvalue weighted by molar-refractivity contribution is 7.09. The first-order valence-electron chi connectivity index (χ1n) is 8.29. The van der Waals surface area contributed by atoms with Crippen molar-refractivity contribution < 1.29 is 27.9 Å². The summed E-state index contributed by atoms with van der Waals surface area (Å²) >= 11 is 1.49. The van der Waals surface area contributed by atoms with Crippen LogP contribution in [0.5, 0.6) is 0 Å². The number of amides is 1. The minimum absolute atomic E-state index is 0.0933. The second kappa shape index (κ2) is 9.15. The van der Waals surface area contributed by atoms with Gasteiger partial charge in [0.15, 0.2) is 0 Å². The van der Waals surface area contributed by atoms with Crippen molar-refractivity contribution >= 4 is 23.2 Å². The first-order valence-corrected chi connectivity index (χ1v) is 9.17. The molecule has 28 heavy (non-hydrogen) atoms. The number of rotatable bonds is 4. The lowest BCUT2D eigenvalue weighted by Gasteiger charge is -2.31. The quantitative estimate of drug-likeness (QED) is 0.787. The number of nitrogens with one attached hydrogen (secondary N) is 1. The fourth-order valence-electron chi connectivity index (χ4n) is 2.70. The molecule has 0 saturated heterocycles. The van der Waals surface area contributed by atoms with Crippen LogP contribution in [0.4, 0.5) is 13.2 Å². The first kappa shape index (κ1) is 21.8. The predicted octanol–water partition coefficient (Wildman–Crippen LogP) is 2.09. The summed E-state index contributed by atoms with van der Waals surface area (Å²) in [5.41, 5.74) is 1.74. The average Bonchev–Trinajstić information content (AvgIpc) is 3.23. The van der Waals surface area contributed by atoms with E-state index < -0.39 is 12.1 Å². The Hall–Kier alpha value is -2.47. The molecule has 1 aliphatic rings. The maximum Gasteiger partial charge on any atom is 0.490 e. The van der Waals surface area contributed by atoms with E-state index in [9.17, 15) is 18.0 Å². The third-order valence-electron chi connectivity index (χ3n) is 3.91. The van der Waals surface area contributed by atoms with E-state index in [0.717, 1.165) is 24.5 Å². The summed E-state index contributed by atoms with van der Waals surface area (Å²) in [6, 6.07) is 2.37. The summed E-state index contributed by atoms with van der Waals surface area (Å²) in [4.78, 5) is 27.3. The normalized spacial score (nSPS) is 16.7. The van der Waals surface area contributed by atoms with E-state index in [2.05, 4.69) is 38.1 Å². The third kappa shape index (κ3) is 6.02. The highest BCUT2D eigenvalue weighted by atomic mass is 32.1. The van der Waals surface area contributed by atoms with Crippen LogP contribution in [0.25, 0.3) is 0 Å². The highest BCUT2D eigenvalue weighted by Crippen LogP contribution is 2.21. The van der Waals surface area contributed by atoms with Gasteiger partial charge in [-0.25, -0.2) is 9.78 Å². The van der Waals surface area contributed by atoms with Gasteiger partial charge in [-0.15, -0.1) is 11.3 Å². The molecular formula is C16H20F3N5O3S. The Morgan fingerprint density at radius 1 is 1.43 bits per heavy atom. The van der Waals surface area contributed by atoms with Gasteiger partial charge in [0.05, 0.1) is 16.7 Å². The van der Waals surface area contributed by atoms with E-state index in [0.29, 0.717) is 18.3 Å². The molecule has 8 nitrogen and oxygen atoms in total. The molecule has 12 heteroatoms. The van der Waals surface area contributed by atoms with Crippen molar-refractivity contribution in [3.05, 3.63) is 34.0 Å². The maximum atomic E-state index is 12.0. The minimum atomic E-state index is -5.08. The Labute approximate surface area is 163 Å². The van der Waals surface area contributed by atoms with Crippen LogP contribution in [0.1, 0.15) is 33.7 Å². The molecule has 0 aliphatic carbocycles. The smallest absolute Gasteiger partial charge is 0.475 e. The number of thiazole rings is 1. The number of carboxylic acids is 1. The lowest BCUT2D eigenvalue weighted by atomic mass is 10.1. The lowest BCUT2D eigenvalue weighted by Crippen LogP contribution is -2.37. The summed E-state index contributed by atoms with van der Waals surface area (Å²) in [6.45, 7) is 4.42. The second-order valence-corrected chi connectivity index (χ2v) is 7.28. The molecule has 0 aromatic carbocycles. The Morgan fingerprint density at radius 2 is 2.11 bits per heavy atom. The Kier molecular flexibility index (Phi) is 7.13. The molecule has 2 N–H and O–H groups in total. The summed E-state index contributed by atoms with van der Waals surface area (Å²) in [6.07, 6.45) is -2.37. The van der Waals surface area contributed by atoms with Crippen molar-refractivity contribution in [2.75, 3.05) is 20.1 Å². The second-order valence-electron chi connectivity index (χ2n) is 6.22. The van der Waals surface area contributed by atoms with Crippen LogP contribution in [-0.4, -0.2) is 63.0 Å². The summed E-state index contributed by atoms with van der Waals surface area (Å²) in [5, 5.41) is 17.2. The van der Waals surface area contributed by atoms with Crippen molar-refractivity contribution in [2.45, 2.75) is 32.1 Å². The van der Waals surface area contributed by atoms with Gasteiger partial charge < -0.3 is 10.4 Å². The van der Waals surface area contributed by atoms with Crippen molar-refractivity contribution in [3.63, 3.8) is 0 Å². The van der Waals surface area contributed by atoms with Gasteiger partial charge >= 0.3 is 12.1 Å². The number of alkyl halides is 3. The van der Waals surface area contributed by atoms with E-state index in [4.69, 9.17) is 9.90 Å². The van der Waals surface area contributed by atoms with Gasteiger partial charge in [0, 0.05) is 31.2 Å². The molecule has 2 aromatic heterocycles. The predicted molar refractivity (Wildman–Crippen MR) is 95.1 cm³/mol. The van der Waals surface area contributed by atoms with E-state index in [1.807, 2.05) is 13.1 Å². The number of carboxylic acid groups (broad SMARTS) is 1. The number of nitrogens with zero attached hydrogens (tertiary/aromatic N) is 4. The van der Waals surface area contributed by atoms with Gasteiger partial charge in [-0.2, -0.15) is 18.3 Å². The molecule has 2 aromatic rings. The molecule has 1 atom stereocenters. The number of aryl methyl sites for hydroxylation is 1. The highest BCUT2D eigenvalue weighted by Gasteiger charge is 2.38. The number of fused-ring (bicyclic) bond motifs is 1. The maximum absolute atomic E-state index is 12.0. The van der Waals surface area contributed by atoms with E-state index in [1.165, 1.54) is 17.0 Å². The van der Waals surface area contributed by atoms with Gasteiger partial charge in [0.1, 0.15) is 5.69 Å². The summed E-state index contributed by atoms with van der Waals surface area (Å²) < 4.78 is 33.8. The standard InChI is InChI=1S/C14H19N5OS.C2HF3O2/c1-10-17-13(9-21-10)14(20)15-5-3-11-7-18(2)8-12-4-6-16-19(11)12;3-2(4,5)1(6)7/h4,6,9,11H,3,5,7-8H2,1-2H3,(H,15,20);(H,6,7). The molecule has 3 heterocycles. The fourth-order valence-corrected chi connectivity index (χ4v) is 3.29. The SMILES string of the molecule is Cc1nc(C(=O)NCCC2CN(C)Cc3ccnn32)cs1.O=C(O)C(F)(F)F. The molecule has 0 fully saturated rings. The molecule has 154 valence electrons. The van der Waals surface area contributed by atoms with Crippen molar-refractivity contribution in [1.82, 2.24) is 25.0 Å². The molecule has 1 amide bonds. The van der Waals surface area contributed by atoms with Crippen LogP contribution >= 0.6 is 11.3 Å². The Morgan fingerprint density at radius 3 is 2.68 bits per heavy atom. The number of carbonyl (C=O) groups excluding carboxylic acids is 1. The van der Waals surface area contributed by atoms with Gasteiger partial charge in [-0.3, -0.25) is 14.4 Å². The average molecular weight is 419 g/mol. The molecule has 0 radical (unpaired) electrons. The van der Waals surface area contributed by atoms with Crippen LogP contribution in [-0.2, 0) is 11.3 Å². The van der Waals surface area contributed by atoms with Gasteiger partial charge in [0.25, 0.3) is 5.91 Å². The molecule has 3 rings (SSSR count). The zero-order valence-corrected chi connectivity index (χ0v) is 16.0. The topological polar surface area (TPSA) is 100 Å². The van der Waals surface area contributed by atoms with E-state index in [-0.39, 0.29) is 5.91 Å². The molecule has 0 saturated carbocycles. The zero-order chi connectivity index (χ0) is 20.9.